The first kappa shape index (κ1) is 17.7. The van der Waals surface area contributed by atoms with Crippen LogP contribution in [0.1, 0.15) is 59.8 Å². The van der Waals surface area contributed by atoms with Crippen molar-refractivity contribution in [2.24, 2.45) is 0 Å². The molecule has 0 fully saturated rings. The molecule has 0 unspecified atom stereocenters. The number of rotatable bonds is 9. The van der Waals surface area contributed by atoms with Gasteiger partial charge in [0.25, 0.3) is 0 Å². The Labute approximate surface area is 116 Å². The third-order valence-electron chi connectivity index (χ3n) is 2.79. The van der Waals surface area contributed by atoms with E-state index in [1.54, 1.807) is 13.8 Å². The summed E-state index contributed by atoms with van der Waals surface area (Å²) < 4.78 is 10.0. The molecule has 0 aromatic heterocycles. The first-order chi connectivity index (χ1) is 9.12. The summed E-state index contributed by atoms with van der Waals surface area (Å²) in [6.45, 7) is 8.10. The van der Waals surface area contributed by atoms with E-state index in [0.29, 0.717) is 37.2 Å². The van der Waals surface area contributed by atoms with Crippen LogP contribution in [0.4, 0.5) is 0 Å². The van der Waals surface area contributed by atoms with Crippen molar-refractivity contribution in [2.45, 2.75) is 59.8 Å². The molecule has 0 aliphatic carbocycles. The number of hydrogen-bond acceptors (Lipinski definition) is 4. The third-order valence-corrected chi connectivity index (χ3v) is 2.79. The Balaban J connectivity index is 5.10. The molecule has 0 aliphatic heterocycles. The van der Waals surface area contributed by atoms with E-state index in [4.69, 9.17) is 9.47 Å². The van der Waals surface area contributed by atoms with E-state index in [1.165, 1.54) is 0 Å². The highest BCUT2D eigenvalue weighted by atomic mass is 16.5. The van der Waals surface area contributed by atoms with Crippen LogP contribution in [-0.4, -0.2) is 25.2 Å². The zero-order valence-corrected chi connectivity index (χ0v) is 12.6. The van der Waals surface area contributed by atoms with E-state index in [9.17, 15) is 9.59 Å². The Hall–Kier alpha value is -1.32. The Morgan fingerprint density at radius 3 is 1.74 bits per heavy atom. The van der Waals surface area contributed by atoms with E-state index < -0.39 is 5.97 Å². The minimum absolute atomic E-state index is 0.313. The van der Waals surface area contributed by atoms with Gasteiger partial charge in [0, 0.05) is 11.1 Å². The molecule has 0 heterocycles. The van der Waals surface area contributed by atoms with Gasteiger partial charge in [-0.1, -0.05) is 26.7 Å². The average molecular weight is 270 g/mol. The highest BCUT2D eigenvalue weighted by Gasteiger charge is 2.21. The number of hydrogen-bond donors (Lipinski definition) is 0. The van der Waals surface area contributed by atoms with Crippen LogP contribution in [0.15, 0.2) is 11.1 Å². The molecule has 110 valence electrons. The maximum Gasteiger partial charge on any atom is 0.334 e. The Bertz CT molecular complexity index is 318. The molecule has 0 amide bonds. The van der Waals surface area contributed by atoms with Gasteiger partial charge in [0.2, 0.25) is 0 Å². The summed E-state index contributed by atoms with van der Waals surface area (Å²) in [5, 5.41) is 0. The van der Waals surface area contributed by atoms with Crippen LogP contribution in [0.2, 0.25) is 0 Å². The molecular formula is C15H26O4. The standard InChI is InChI=1S/C15H26O4/c1-5-9-10-11-13(15(17)19-8-4)12(6-2)14(16)18-7-3/h5-11H2,1-4H3. The van der Waals surface area contributed by atoms with E-state index in [0.717, 1.165) is 19.3 Å². The molecule has 4 heteroatoms. The lowest BCUT2D eigenvalue weighted by atomic mass is 10.00. The fourth-order valence-corrected chi connectivity index (χ4v) is 1.85. The minimum atomic E-state index is -0.399. The second-order valence-electron chi connectivity index (χ2n) is 4.21. The predicted octanol–water partition coefficient (Wildman–Crippen LogP) is 3.40. The fraction of sp³-hybridized carbons (Fsp3) is 0.733. The molecule has 19 heavy (non-hydrogen) atoms. The minimum Gasteiger partial charge on any atom is -0.463 e. The number of unbranched alkanes of at least 4 members (excludes halogenated alkanes) is 2. The van der Waals surface area contributed by atoms with Crippen LogP contribution in [0.5, 0.6) is 0 Å². The van der Waals surface area contributed by atoms with Gasteiger partial charge in [0.15, 0.2) is 0 Å². The van der Waals surface area contributed by atoms with Crippen molar-refractivity contribution in [2.75, 3.05) is 13.2 Å². The lowest BCUT2D eigenvalue weighted by Crippen LogP contribution is -2.16. The maximum atomic E-state index is 12.0. The van der Waals surface area contributed by atoms with Crippen LogP contribution < -0.4 is 0 Å². The first-order valence-electron chi connectivity index (χ1n) is 7.18. The molecule has 0 rings (SSSR count). The molecular weight excluding hydrogens is 244 g/mol. The van der Waals surface area contributed by atoms with Crippen molar-refractivity contribution in [1.82, 2.24) is 0 Å². The van der Waals surface area contributed by atoms with Crippen molar-refractivity contribution in [3.8, 4) is 0 Å². The first-order valence-corrected chi connectivity index (χ1v) is 7.18. The fourth-order valence-electron chi connectivity index (χ4n) is 1.85. The summed E-state index contributed by atoms with van der Waals surface area (Å²) in [7, 11) is 0. The van der Waals surface area contributed by atoms with Crippen LogP contribution in [0.3, 0.4) is 0 Å². The largest absolute Gasteiger partial charge is 0.463 e. The molecule has 0 radical (unpaired) electrons. The van der Waals surface area contributed by atoms with Gasteiger partial charge in [0.05, 0.1) is 13.2 Å². The lowest BCUT2D eigenvalue weighted by Gasteiger charge is -2.12. The van der Waals surface area contributed by atoms with E-state index >= 15 is 0 Å². The molecule has 0 spiro atoms. The normalized spacial score (nSPS) is 11.8. The number of carbonyl (C=O) groups excluding carboxylic acids is 2. The van der Waals surface area contributed by atoms with Gasteiger partial charge in [-0.15, -0.1) is 0 Å². The van der Waals surface area contributed by atoms with Crippen LogP contribution in [0.25, 0.3) is 0 Å². The van der Waals surface area contributed by atoms with Gasteiger partial charge in [0.1, 0.15) is 0 Å². The molecule has 0 N–H and O–H groups in total. The van der Waals surface area contributed by atoms with Crippen molar-refractivity contribution >= 4 is 11.9 Å². The SMILES string of the molecule is CCCCCC(C(=O)OCC)=C(CC)C(=O)OCC. The smallest absolute Gasteiger partial charge is 0.334 e. The van der Waals surface area contributed by atoms with Crippen LogP contribution in [-0.2, 0) is 19.1 Å². The summed E-state index contributed by atoms with van der Waals surface area (Å²) in [6, 6.07) is 0. The molecule has 0 aliphatic rings. The number of ether oxygens (including phenoxy) is 2. The molecule has 0 aromatic rings. The zero-order valence-electron chi connectivity index (χ0n) is 12.6. The zero-order chi connectivity index (χ0) is 14.7. The van der Waals surface area contributed by atoms with Crippen molar-refractivity contribution in [3.05, 3.63) is 11.1 Å². The summed E-state index contributed by atoms with van der Waals surface area (Å²) >= 11 is 0. The molecule has 4 nitrogen and oxygen atoms in total. The van der Waals surface area contributed by atoms with Crippen molar-refractivity contribution < 1.29 is 19.1 Å². The van der Waals surface area contributed by atoms with Gasteiger partial charge < -0.3 is 9.47 Å². The highest BCUT2D eigenvalue weighted by Crippen LogP contribution is 2.19. The quantitative estimate of drug-likeness (QED) is 0.366. The van der Waals surface area contributed by atoms with Gasteiger partial charge in [-0.3, -0.25) is 0 Å². The average Bonchev–Trinajstić information content (AvgIpc) is 2.38. The van der Waals surface area contributed by atoms with E-state index in [-0.39, 0.29) is 5.97 Å². The monoisotopic (exact) mass is 270 g/mol. The van der Waals surface area contributed by atoms with Gasteiger partial charge >= 0.3 is 11.9 Å². The van der Waals surface area contributed by atoms with E-state index in [2.05, 4.69) is 6.92 Å². The van der Waals surface area contributed by atoms with Crippen LogP contribution in [0, 0.1) is 0 Å². The molecule has 0 saturated heterocycles. The Morgan fingerprint density at radius 1 is 0.789 bits per heavy atom. The summed E-state index contributed by atoms with van der Waals surface area (Å²) in [6.07, 6.45) is 4.04. The second-order valence-corrected chi connectivity index (χ2v) is 4.21. The molecule has 0 atom stereocenters. The van der Waals surface area contributed by atoms with Gasteiger partial charge in [-0.2, -0.15) is 0 Å². The lowest BCUT2D eigenvalue weighted by molar-refractivity contribution is -0.142. The summed E-state index contributed by atoms with van der Waals surface area (Å²) in [5.74, 6) is -0.784. The van der Waals surface area contributed by atoms with Crippen molar-refractivity contribution in [3.63, 3.8) is 0 Å². The topological polar surface area (TPSA) is 52.6 Å². The number of carbonyl (C=O) groups is 2. The highest BCUT2D eigenvalue weighted by molar-refractivity contribution is 6.00. The molecule has 0 aromatic carbocycles. The summed E-state index contributed by atoms with van der Waals surface area (Å²) in [5.41, 5.74) is 0.938. The predicted molar refractivity (Wildman–Crippen MR) is 74.7 cm³/mol. The second kappa shape index (κ2) is 10.6. The van der Waals surface area contributed by atoms with Gasteiger partial charge in [-0.25, -0.2) is 9.59 Å². The Morgan fingerprint density at radius 2 is 1.32 bits per heavy atom. The number of esters is 2. The van der Waals surface area contributed by atoms with E-state index in [1.807, 2.05) is 6.92 Å². The molecule has 0 saturated carbocycles. The molecule has 0 bridgehead atoms. The van der Waals surface area contributed by atoms with Crippen LogP contribution >= 0.6 is 0 Å². The third kappa shape index (κ3) is 6.41. The van der Waals surface area contributed by atoms with Gasteiger partial charge in [-0.05, 0) is 33.1 Å². The van der Waals surface area contributed by atoms with Crippen molar-refractivity contribution in [1.29, 1.82) is 0 Å². The Kier molecular flexibility index (Phi) is 9.85. The maximum absolute atomic E-state index is 12.0. The summed E-state index contributed by atoms with van der Waals surface area (Å²) in [4.78, 5) is 23.8.